The van der Waals surface area contributed by atoms with Crippen LogP contribution in [0.15, 0.2) is 0 Å². The number of hydrogen-bond acceptors (Lipinski definition) is 4. The van der Waals surface area contributed by atoms with Gasteiger partial charge in [0.1, 0.15) is 12.7 Å². The lowest BCUT2D eigenvalue weighted by atomic mass is 9.81. The third-order valence-corrected chi connectivity index (χ3v) is 10.8. The molecule has 1 unspecified atom stereocenters. The number of ether oxygens (including phenoxy) is 2. The number of carbonyl (C=O) groups excluding carboxylic acids is 2. The van der Waals surface area contributed by atoms with Crippen LogP contribution in [0, 0.1) is 11.3 Å². The van der Waals surface area contributed by atoms with Crippen LogP contribution in [-0.4, -0.2) is 38.0 Å². The first kappa shape index (κ1) is 50.5. The van der Waals surface area contributed by atoms with Gasteiger partial charge in [0, 0.05) is 18.5 Å². The predicted molar refractivity (Wildman–Crippen MR) is 225 cm³/mol. The van der Waals surface area contributed by atoms with Crippen LogP contribution in [0.4, 0.5) is 9.59 Å². The van der Waals surface area contributed by atoms with Gasteiger partial charge in [0.15, 0.2) is 0 Å². The number of hydrogen-bond donors (Lipinski definition) is 2. The lowest BCUT2D eigenvalue weighted by molar-refractivity contribution is -0.0362. The first-order valence-corrected chi connectivity index (χ1v) is 23.1. The molecule has 0 aromatic rings. The number of nitrogens with one attached hydrogen (secondary N) is 2. The molecule has 310 valence electrons. The molecule has 0 aromatic carbocycles. The summed E-state index contributed by atoms with van der Waals surface area (Å²) in [6.07, 6.45) is 41.6. The van der Waals surface area contributed by atoms with Crippen molar-refractivity contribution in [3.8, 4) is 0 Å². The highest BCUT2D eigenvalue weighted by atomic mass is 16.6. The van der Waals surface area contributed by atoms with Crippen LogP contribution in [0.3, 0.4) is 0 Å². The average molecular weight is 737 g/mol. The zero-order chi connectivity index (χ0) is 38.4. The summed E-state index contributed by atoms with van der Waals surface area (Å²) >= 11 is 0. The largest absolute Gasteiger partial charge is 0.449 e. The van der Waals surface area contributed by atoms with Crippen molar-refractivity contribution in [2.45, 2.75) is 253 Å². The second-order valence-corrected chi connectivity index (χ2v) is 17.1. The van der Waals surface area contributed by atoms with Gasteiger partial charge in [0.2, 0.25) is 0 Å². The van der Waals surface area contributed by atoms with Crippen molar-refractivity contribution < 1.29 is 19.1 Å². The molecule has 0 aromatic heterocycles. The normalized spacial score (nSPS) is 12.3. The third kappa shape index (κ3) is 34.3. The van der Waals surface area contributed by atoms with Crippen LogP contribution in [0.5, 0.6) is 0 Å². The number of carbonyl (C=O) groups is 2. The van der Waals surface area contributed by atoms with Gasteiger partial charge in [-0.2, -0.15) is 0 Å². The van der Waals surface area contributed by atoms with E-state index in [2.05, 4.69) is 24.5 Å². The SMILES string of the molecule is CCCCCCCCCCCCCCCCCCNC(=O)OCC(C)(C)C(OC(=O)NCCCCCCCCCCCCCCCCCC)C(C)C. The summed E-state index contributed by atoms with van der Waals surface area (Å²) in [4.78, 5) is 25.0. The van der Waals surface area contributed by atoms with Gasteiger partial charge in [-0.05, 0) is 18.8 Å². The molecule has 52 heavy (non-hydrogen) atoms. The van der Waals surface area contributed by atoms with E-state index in [0.717, 1.165) is 25.7 Å². The Morgan fingerprint density at radius 2 is 0.712 bits per heavy atom. The summed E-state index contributed by atoms with van der Waals surface area (Å²) in [5, 5.41) is 5.85. The second kappa shape index (κ2) is 37.8. The first-order chi connectivity index (χ1) is 25.2. The van der Waals surface area contributed by atoms with Gasteiger partial charge in [-0.25, -0.2) is 9.59 Å². The van der Waals surface area contributed by atoms with Crippen LogP contribution in [0.1, 0.15) is 247 Å². The molecule has 6 heteroatoms. The molecule has 0 saturated heterocycles. The Bertz CT molecular complexity index is 771. The highest BCUT2D eigenvalue weighted by Gasteiger charge is 2.36. The number of alkyl carbamates (subject to hydrolysis) is 2. The van der Waals surface area contributed by atoms with E-state index in [-0.39, 0.29) is 30.8 Å². The standard InChI is InChI=1S/C46H92N2O4/c1-7-9-11-13-15-17-19-21-23-25-27-29-31-33-35-37-39-47-44(49)51-41-46(5,6)43(42(3)4)52-45(50)48-40-38-36-34-32-30-28-26-24-22-20-18-16-14-12-10-8-2/h42-43H,7-41H2,1-6H3,(H,47,49)(H,48,50). The minimum atomic E-state index is -0.495. The molecule has 0 radical (unpaired) electrons. The van der Waals surface area contributed by atoms with Gasteiger partial charge in [0.25, 0.3) is 0 Å². The van der Waals surface area contributed by atoms with E-state index in [1.165, 1.54) is 180 Å². The van der Waals surface area contributed by atoms with E-state index in [4.69, 9.17) is 9.47 Å². The monoisotopic (exact) mass is 737 g/mol. The lowest BCUT2D eigenvalue weighted by Crippen LogP contribution is -2.44. The molecule has 6 nitrogen and oxygen atoms in total. The molecule has 0 aliphatic heterocycles. The average Bonchev–Trinajstić information content (AvgIpc) is 3.12. The number of unbranched alkanes of at least 4 members (excludes halogenated alkanes) is 30. The Morgan fingerprint density at radius 3 is 1.00 bits per heavy atom. The summed E-state index contributed by atoms with van der Waals surface area (Å²) in [6, 6.07) is 0. The number of rotatable bonds is 39. The second-order valence-electron chi connectivity index (χ2n) is 17.1. The maximum atomic E-state index is 12.6. The van der Waals surface area contributed by atoms with Crippen molar-refractivity contribution in [3.63, 3.8) is 0 Å². The molecular formula is C46H92N2O4. The first-order valence-electron chi connectivity index (χ1n) is 23.1. The van der Waals surface area contributed by atoms with E-state index >= 15 is 0 Å². The van der Waals surface area contributed by atoms with Gasteiger partial charge < -0.3 is 20.1 Å². The van der Waals surface area contributed by atoms with Gasteiger partial charge in [-0.1, -0.05) is 234 Å². The molecule has 0 aliphatic carbocycles. The Morgan fingerprint density at radius 1 is 0.442 bits per heavy atom. The minimum absolute atomic E-state index is 0.105. The van der Waals surface area contributed by atoms with Crippen molar-refractivity contribution in [1.29, 1.82) is 0 Å². The molecule has 0 spiro atoms. The fourth-order valence-electron chi connectivity index (χ4n) is 7.47. The maximum Gasteiger partial charge on any atom is 0.407 e. The Balaban J connectivity index is 3.80. The quantitative estimate of drug-likeness (QED) is 0.0616. The third-order valence-electron chi connectivity index (χ3n) is 10.8. The lowest BCUT2D eigenvalue weighted by Gasteiger charge is -2.35. The molecule has 2 amide bonds. The van der Waals surface area contributed by atoms with E-state index in [1.54, 1.807) is 0 Å². The van der Waals surface area contributed by atoms with E-state index < -0.39 is 5.41 Å². The molecule has 0 saturated carbocycles. The molecule has 2 N–H and O–H groups in total. The fourth-order valence-corrected chi connectivity index (χ4v) is 7.47. The summed E-state index contributed by atoms with van der Waals surface area (Å²) in [5.74, 6) is 0.105. The molecule has 0 aliphatic rings. The summed E-state index contributed by atoms with van der Waals surface area (Å²) in [6.45, 7) is 14.2. The van der Waals surface area contributed by atoms with Gasteiger partial charge in [0.05, 0.1) is 0 Å². The predicted octanol–water partition coefficient (Wildman–Crippen LogP) is 15.0. The summed E-state index contributed by atoms with van der Waals surface area (Å²) in [7, 11) is 0. The van der Waals surface area contributed by atoms with Crippen molar-refractivity contribution in [3.05, 3.63) is 0 Å². The molecular weight excluding hydrogens is 645 g/mol. The zero-order valence-corrected chi connectivity index (χ0v) is 36.0. The maximum absolute atomic E-state index is 12.6. The highest BCUT2D eigenvalue weighted by Crippen LogP contribution is 2.30. The van der Waals surface area contributed by atoms with E-state index in [1.807, 2.05) is 27.7 Å². The molecule has 0 fully saturated rings. The van der Waals surface area contributed by atoms with Crippen LogP contribution in [0.2, 0.25) is 0 Å². The van der Waals surface area contributed by atoms with Crippen LogP contribution >= 0.6 is 0 Å². The van der Waals surface area contributed by atoms with Crippen LogP contribution in [0.25, 0.3) is 0 Å². The summed E-state index contributed by atoms with van der Waals surface area (Å²) < 4.78 is 11.5. The topological polar surface area (TPSA) is 76.7 Å². The van der Waals surface area contributed by atoms with E-state index in [9.17, 15) is 9.59 Å². The van der Waals surface area contributed by atoms with Crippen LogP contribution < -0.4 is 10.6 Å². The van der Waals surface area contributed by atoms with Crippen molar-refractivity contribution in [1.82, 2.24) is 10.6 Å². The van der Waals surface area contributed by atoms with Gasteiger partial charge >= 0.3 is 12.2 Å². The molecule has 0 bridgehead atoms. The van der Waals surface area contributed by atoms with Crippen molar-refractivity contribution >= 4 is 12.2 Å². The zero-order valence-electron chi connectivity index (χ0n) is 36.0. The fraction of sp³-hybridized carbons (Fsp3) is 0.957. The number of amides is 2. The Labute approximate surface area is 325 Å². The van der Waals surface area contributed by atoms with Crippen molar-refractivity contribution in [2.75, 3.05) is 19.7 Å². The Kier molecular flexibility index (Phi) is 36.8. The molecule has 0 heterocycles. The highest BCUT2D eigenvalue weighted by molar-refractivity contribution is 5.67. The smallest absolute Gasteiger partial charge is 0.407 e. The molecule has 1 atom stereocenters. The molecule has 0 rings (SSSR count). The van der Waals surface area contributed by atoms with Crippen LogP contribution in [-0.2, 0) is 9.47 Å². The summed E-state index contributed by atoms with van der Waals surface area (Å²) in [5.41, 5.74) is -0.495. The van der Waals surface area contributed by atoms with Crippen molar-refractivity contribution in [2.24, 2.45) is 11.3 Å². The van der Waals surface area contributed by atoms with Gasteiger partial charge in [-0.3, -0.25) is 0 Å². The minimum Gasteiger partial charge on any atom is -0.449 e. The van der Waals surface area contributed by atoms with Gasteiger partial charge in [-0.15, -0.1) is 0 Å². The Hall–Kier alpha value is -1.46. The van der Waals surface area contributed by atoms with E-state index in [0.29, 0.717) is 13.1 Å².